The Balaban J connectivity index is 1.32. The molecular weight excluding hydrogens is 450 g/mol. The maximum Gasteiger partial charge on any atom is 0.251 e. The van der Waals surface area contributed by atoms with Gasteiger partial charge in [0.15, 0.2) is 0 Å². The quantitative estimate of drug-likeness (QED) is 0.352. The summed E-state index contributed by atoms with van der Waals surface area (Å²) in [5.74, 6) is -0.277. The van der Waals surface area contributed by atoms with Crippen LogP contribution in [0.3, 0.4) is 0 Å². The summed E-state index contributed by atoms with van der Waals surface area (Å²) in [6, 6.07) is 20.3. The van der Waals surface area contributed by atoms with E-state index in [1.54, 1.807) is 36.7 Å². The van der Waals surface area contributed by atoms with Gasteiger partial charge in [-0.15, -0.1) is 0 Å². The summed E-state index contributed by atoms with van der Waals surface area (Å²) in [7, 11) is 0. The average molecular weight is 474 g/mol. The minimum absolute atomic E-state index is 0.0890. The smallest absolute Gasteiger partial charge is 0.251 e. The summed E-state index contributed by atoms with van der Waals surface area (Å²) >= 11 is 5.84. The summed E-state index contributed by atoms with van der Waals surface area (Å²) < 4.78 is 1.81. The van der Waals surface area contributed by atoms with Crippen molar-refractivity contribution in [3.8, 4) is 16.9 Å². The van der Waals surface area contributed by atoms with Crippen molar-refractivity contribution in [3.05, 3.63) is 101 Å². The van der Waals surface area contributed by atoms with E-state index in [-0.39, 0.29) is 11.8 Å². The van der Waals surface area contributed by atoms with Gasteiger partial charge in [-0.1, -0.05) is 29.8 Å². The molecule has 2 amide bonds. The van der Waals surface area contributed by atoms with Crippen LogP contribution < -0.4 is 10.6 Å². The number of nitrogens with one attached hydrogen (secondary N) is 2. The average Bonchev–Trinajstić information content (AvgIpc) is 3.31. The van der Waals surface area contributed by atoms with Crippen LogP contribution >= 0.6 is 11.6 Å². The lowest BCUT2D eigenvalue weighted by Gasteiger charge is -2.07. The lowest BCUT2D eigenvalue weighted by molar-refractivity contribution is -0.121. The summed E-state index contributed by atoms with van der Waals surface area (Å²) in [6.07, 6.45) is 6.21. The largest absolute Gasteiger partial charge is 0.352 e. The van der Waals surface area contributed by atoms with E-state index in [2.05, 4.69) is 15.6 Å². The topological polar surface area (TPSA) is 88.9 Å². The number of nitrogens with zero attached hydrogens (tertiary/aromatic N) is 3. The molecule has 2 N–H and O–H groups in total. The number of carbonyl (C=O) groups excluding carboxylic acids is 2. The molecule has 0 spiro atoms. The van der Waals surface area contributed by atoms with Crippen molar-refractivity contribution in [3.63, 3.8) is 0 Å². The molecule has 0 unspecified atom stereocenters. The van der Waals surface area contributed by atoms with Gasteiger partial charge < -0.3 is 10.6 Å². The summed E-state index contributed by atoms with van der Waals surface area (Å²) in [5, 5.41) is 11.1. The molecule has 172 valence electrons. The molecule has 0 aliphatic carbocycles. The van der Waals surface area contributed by atoms with E-state index in [1.807, 2.05) is 53.3 Å². The van der Waals surface area contributed by atoms with Gasteiger partial charge in [-0.25, -0.2) is 4.68 Å². The van der Waals surface area contributed by atoms with Gasteiger partial charge in [0.1, 0.15) is 0 Å². The fraction of sp³-hybridized carbons (Fsp3) is 0.154. The van der Waals surface area contributed by atoms with Crippen LogP contribution in [0.2, 0.25) is 5.02 Å². The van der Waals surface area contributed by atoms with E-state index in [0.717, 1.165) is 22.5 Å². The number of hydrogen-bond acceptors (Lipinski definition) is 4. The number of carbonyl (C=O) groups is 2. The third-order valence-corrected chi connectivity index (χ3v) is 5.47. The van der Waals surface area contributed by atoms with Gasteiger partial charge in [0.05, 0.1) is 11.4 Å². The molecule has 4 aromatic rings. The highest BCUT2D eigenvalue weighted by atomic mass is 35.5. The number of amides is 2. The van der Waals surface area contributed by atoms with Gasteiger partial charge in [0.2, 0.25) is 5.91 Å². The van der Waals surface area contributed by atoms with Crippen LogP contribution in [0.1, 0.15) is 28.8 Å². The lowest BCUT2D eigenvalue weighted by Crippen LogP contribution is -2.27. The standard InChI is InChI=1S/C26H24ClN5O2/c27-22-10-8-20(9-11-22)26(34)29-14-4-7-24(33)30-17-21-18-32(23-5-2-1-3-6-23)31-25(21)19-12-15-28-16-13-19/h1-3,5-6,8-13,15-16,18H,4,7,14,17H2,(H,29,34)(H,30,33). The fourth-order valence-electron chi connectivity index (χ4n) is 3.44. The van der Waals surface area contributed by atoms with Crippen molar-refractivity contribution >= 4 is 23.4 Å². The van der Waals surface area contributed by atoms with Crippen molar-refractivity contribution in [1.82, 2.24) is 25.4 Å². The molecule has 7 nitrogen and oxygen atoms in total. The van der Waals surface area contributed by atoms with Crippen molar-refractivity contribution in [1.29, 1.82) is 0 Å². The number of aromatic nitrogens is 3. The minimum Gasteiger partial charge on any atom is -0.352 e. The first-order valence-corrected chi connectivity index (χ1v) is 11.3. The minimum atomic E-state index is -0.188. The van der Waals surface area contributed by atoms with Crippen LogP contribution in [0.5, 0.6) is 0 Å². The first kappa shape index (κ1) is 23.2. The molecule has 2 aromatic heterocycles. The van der Waals surface area contributed by atoms with E-state index in [1.165, 1.54) is 0 Å². The van der Waals surface area contributed by atoms with E-state index < -0.39 is 0 Å². The monoisotopic (exact) mass is 473 g/mol. The molecule has 0 fully saturated rings. The number of halogens is 1. The Bertz CT molecular complexity index is 1240. The van der Waals surface area contributed by atoms with Gasteiger partial charge >= 0.3 is 0 Å². The molecule has 0 aliphatic heterocycles. The molecule has 0 bridgehead atoms. The number of pyridine rings is 1. The molecule has 0 atom stereocenters. The van der Waals surface area contributed by atoms with Crippen molar-refractivity contribution in [2.75, 3.05) is 6.54 Å². The molecule has 4 rings (SSSR count). The van der Waals surface area contributed by atoms with Crippen LogP contribution in [0.4, 0.5) is 0 Å². The number of benzene rings is 2. The van der Waals surface area contributed by atoms with Crippen molar-refractivity contribution < 1.29 is 9.59 Å². The van der Waals surface area contributed by atoms with Gasteiger partial charge in [-0.3, -0.25) is 14.6 Å². The van der Waals surface area contributed by atoms with Crippen LogP contribution in [0.15, 0.2) is 85.3 Å². The van der Waals surface area contributed by atoms with E-state index >= 15 is 0 Å². The Morgan fingerprint density at radius 3 is 2.38 bits per heavy atom. The Morgan fingerprint density at radius 2 is 1.65 bits per heavy atom. The second-order valence-corrected chi connectivity index (χ2v) is 8.10. The highest BCUT2D eigenvalue weighted by molar-refractivity contribution is 6.30. The molecule has 8 heteroatoms. The zero-order chi connectivity index (χ0) is 23.8. The van der Waals surface area contributed by atoms with Crippen molar-refractivity contribution in [2.45, 2.75) is 19.4 Å². The predicted octanol–water partition coefficient (Wildman–Crippen LogP) is 4.41. The number of hydrogen-bond donors (Lipinski definition) is 2. The molecule has 0 aliphatic rings. The first-order valence-electron chi connectivity index (χ1n) is 10.9. The van der Waals surface area contributed by atoms with E-state index in [0.29, 0.717) is 36.5 Å². The van der Waals surface area contributed by atoms with Crippen molar-refractivity contribution in [2.24, 2.45) is 0 Å². The van der Waals surface area contributed by atoms with Gasteiger partial charge in [-0.05, 0) is 55.0 Å². The zero-order valence-corrected chi connectivity index (χ0v) is 19.2. The Morgan fingerprint density at radius 1 is 0.912 bits per heavy atom. The Labute approximate surface area is 202 Å². The maximum atomic E-state index is 12.4. The zero-order valence-electron chi connectivity index (χ0n) is 18.4. The SMILES string of the molecule is O=C(CCCNC(=O)c1ccc(Cl)cc1)NCc1cn(-c2ccccc2)nc1-c1ccncc1. The van der Waals surface area contributed by atoms with E-state index in [4.69, 9.17) is 16.7 Å². The Kier molecular flexibility index (Phi) is 7.67. The molecule has 0 saturated carbocycles. The van der Waals surface area contributed by atoms with Crippen LogP contribution in [-0.2, 0) is 11.3 Å². The second kappa shape index (κ2) is 11.2. The lowest BCUT2D eigenvalue weighted by atomic mass is 10.1. The molecular formula is C26H24ClN5O2. The molecule has 0 radical (unpaired) electrons. The highest BCUT2D eigenvalue weighted by Crippen LogP contribution is 2.23. The Hall–Kier alpha value is -3.97. The number of rotatable bonds is 9. The molecule has 34 heavy (non-hydrogen) atoms. The van der Waals surface area contributed by atoms with Gasteiger partial charge in [0.25, 0.3) is 5.91 Å². The first-order chi connectivity index (χ1) is 16.6. The summed E-state index contributed by atoms with van der Waals surface area (Å²) in [5.41, 5.74) is 4.10. The van der Waals surface area contributed by atoms with Gasteiger partial charge in [-0.2, -0.15) is 5.10 Å². The summed E-state index contributed by atoms with van der Waals surface area (Å²) in [6.45, 7) is 0.754. The van der Waals surface area contributed by atoms with E-state index in [9.17, 15) is 9.59 Å². The van der Waals surface area contributed by atoms with Crippen LogP contribution in [0, 0.1) is 0 Å². The summed E-state index contributed by atoms with van der Waals surface area (Å²) in [4.78, 5) is 28.6. The fourth-order valence-corrected chi connectivity index (χ4v) is 3.57. The predicted molar refractivity (Wildman–Crippen MR) is 132 cm³/mol. The molecule has 2 heterocycles. The third-order valence-electron chi connectivity index (χ3n) is 5.21. The second-order valence-electron chi connectivity index (χ2n) is 7.66. The number of para-hydroxylation sites is 1. The third kappa shape index (κ3) is 6.08. The normalized spacial score (nSPS) is 10.6. The molecule has 0 saturated heterocycles. The molecule has 2 aromatic carbocycles. The van der Waals surface area contributed by atoms with Crippen LogP contribution in [0.25, 0.3) is 16.9 Å². The van der Waals surface area contributed by atoms with Crippen LogP contribution in [-0.4, -0.2) is 33.1 Å². The van der Waals surface area contributed by atoms with Gasteiger partial charge in [0, 0.05) is 59.8 Å². The maximum absolute atomic E-state index is 12.4. The highest BCUT2D eigenvalue weighted by Gasteiger charge is 2.13.